The molecule has 0 fully saturated rings. The van der Waals surface area contributed by atoms with Crippen LogP contribution in [-0.2, 0) is 14.3 Å². The predicted molar refractivity (Wildman–Crippen MR) is 142 cm³/mol. The van der Waals surface area contributed by atoms with Crippen molar-refractivity contribution >= 4 is 29.7 Å². The topological polar surface area (TPSA) is 108 Å². The SMILES string of the molecule is CSCCC(NC(=O)OC(C)(C)C)C(=O)N(CCO)C(C(=O)NC(C)(C)C)c1cc(C)cc(C)c1. The third-order valence-electron chi connectivity index (χ3n) is 4.84. The van der Waals surface area contributed by atoms with Crippen molar-refractivity contribution in [2.45, 2.75) is 85.0 Å². The van der Waals surface area contributed by atoms with Crippen LogP contribution in [0, 0.1) is 13.8 Å². The lowest BCUT2D eigenvalue weighted by Crippen LogP contribution is -2.55. The fraction of sp³-hybridized carbons (Fsp3) is 0.654. The van der Waals surface area contributed by atoms with E-state index in [-0.39, 0.29) is 19.1 Å². The van der Waals surface area contributed by atoms with Crippen LogP contribution in [0.15, 0.2) is 18.2 Å². The Labute approximate surface area is 214 Å². The van der Waals surface area contributed by atoms with E-state index in [2.05, 4.69) is 10.6 Å². The summed E-state index contributed by atoms with van der Waals surface area (Å²) in [6.07, 6.45) is 1.56. The van der Waals surface area contributed by atoms with E-state index in [1.807, 2.05) is 59.1 Å². The molecule has 0 heterocycles. The van der Waals surface area contributed by atoms with Crippen molar-refractivity contribution < 1.29 is 24.2 Å². The molecule has 0 spiro atoms. The van der Waals surface area contributed by atoms with Crippen LogP contribution in [0.1, 0.15) is 70.7 Å². The molecule has 0 saturated carbocycles. The number of amides is 3. The van der Waals surface area contributed by atoms with Gasteiger partial charge in [-0.15, -0.1) is 0 Å². The largest absolute Gasteiger partial charge is 0.444 e. The van der Waals surface area contributed by atoms with Crippen LogP contribution in [0.25, 0.3) is 0 Å². The summed E-state index contributed by atoms with van der Waals surface area (Å²) in [7, 11) is 0. The van der Waals surface area contributed by atoms with Crippen molar-refractivity contribution in [2.75, 3.05) is 25.2 Å². The second-order valence-electron chi connectivity index (χ2n) is 10.8. The van der Waals surface area contributed by atoms with Gasteiger partial charge >= 0.3 is 6.09 Å². The molecule has 1 rings (SSSR count). The van der Waals surface area contributed by atoms with Gasteiger partial charge in [0.15, 0.2) is 0 Å². The van der Waals surface area contributed by atoms with Gasteiger partial charge in [0.2, 0.25) is 11.8 Å². The minimum Gasteiger partial charge on any atom is -0.444 e. The number of carbonyl (C=O) groups is 3. The molecule has 8 nitrogen and oxygen atoms in total. The maximum absolute atomic E-state index is 13.9. The first-order chi connectivity index (χ1) is 16.1. The molecule has 3 amide bonds. The highest BCUT2D eigenvalue weighted by atomic mass is 32.2. The molecule has 198 valence electrons. The van der Waals surface area contributed by atoms with Gasteiger partial charge in [-0.1, -0.05) is 29.3 Å². The molecule has 3 N–H and O–H groups in total. The zero-order chi connectivity index (χ0) is 27.0. The van der Waals surface area contributed by atoms with E-state index < -0.39 is 35.2 Å². The highest BCUT2D eigenvalue weighted by Crippen LogP contribution is 2.26. The maximum atomic E-state index is 13.9. The van der Waals surface area contributed by atoms with Gasteiger partial charge in [0.25, 0.3) is 0 Å². The van der Waals surface area contributed by atoms with Crippen LogP contribution in [0.2, 0.25) is 0 Å². The number of thioether (sulfide) groups is 1. The van der Waals surface area contributed by atoms with Gasteiger partial charge in [-0.25, -0.2) is 4.79 Å². The van der Waals surface area contributed by atoms with E-state index in [1.165, 1.54) is 4.90 Å². The molecule has 0 radical (unpaired) electrons. The zero-order valence-electron chi connectivity index (χ0n) is 22.7. The Morgan fingerprint density at radius 3 is 2.09 bits per heavy atom. The van der Waals surface area contributed by atoms with Crippen molar-refractivity contribution in [1.29, 1.82) is 0 Å². The zero-order valence-corrected chi connectivity index (χ0v) is 23.5. The second kappa shape index (κ2) is 13.2. The average Bonchev–Trinajstić information content (AvgIpc) is 2.66. The van der Waals surface area contributed by atoms with Crippen molar-refractivity contribution in [3.63, 3.8) is 0 Å². The van der Waals surface area contributed by atoms with Crippen molar-refractivity contribution in [3.8, 4) is 0 Å². The van der Waals surface area contributed by atoms with E-state index in [0.29, 0.717) is 17.7 Å². The third kappa shape index (κ3) is 10.9. The van der Waals surface area contributed by atoms with Gasteiger partial charge in [-0.3, -0.25) is 9.59 Å². The molecule has 0 aliphatic rings. The average molecular weight is 510 g/mol. The summed E-state index contributed by atoms with van der Waals surface area (Å²) < 4.78 is 5.37. The van der Waals surface area contributed by atoms with Crippen LogP contribution in [0.3, 0.4) is 0 Å². The molecule has 1 aromatic rings. The molecule has 0 aliphatic heterocycles. The third-order valence-corrected chi connectivity index (χ3v) is 5.49. The van der Waals surface area contributed by atoms with Crippen LogP contribution >= 0.6 is 11.8 Å². The van der Waals surface area contributed by atoms with E-state index in [4.69, 9.17) is 4.74 Å². The number of nitrogens with zero attached hydrogens (tertiary/aromatic N) is 1. The van der Waals surface area contributed by atoms with Crippen LogP contribution in [-0.4, -0.2) is 70.3 Å². The fourth-order valence-electron chi connectivity index (χ4n) is 3.70. The molecule has 0 saturated heterocycles. The molecule has 2 unspecified atom stereocenters. The Balaban J connectivity index is 3.49. The highest BCUT2D eigenvalue weighted by molar-refractivity contribution is 7.98. The Hall–Kier alpha value is -2.26. The van der Waals surface area contributed by atoms with Gasteiger partial charge < -0.3 is 25.4 Å². The van der Waals surface area contributed by atoms with Crippen LogP contribution in [0.4, 0.5) is 4.79 Å². The number of carbonyl (C=O) groups excluding carboxylic acids is 3. The first-order valence-electron chi connectivity index (χ1n) is 11.9. The molecule has 0 aromatic heterocycles. The Morgan fingerprint density at radius 1 is 1.06 bits per heavy atom. The minimum atomic E-state index is -0.982. The quantitative estimate of drug-likeness (QED) is 0.444. The number of ether oxygens (including phenoxy) is 1. The number of aliphatic hydroxyl groups excluding tert-OH is 1. The number of hydrogen-bond donors (Lipinski definition) is 3. The molecule has 0 bridgehead atoms. The van der Waals surface area contributed by atoms with Gasteiger partial charge in [-0.2, -0.15) is 11.8 Å². The number of rotatable bonds is 10. The number of benzene rings is 1. The highest BCUT2D eigenvalue weighted by Gasteiger charge is 2.37. The molecule has 0 aliphatic carbocycles. The number of nitrogens with one attached hydrogen (secondary N) is 2. The summed E-state index contributed by atoms with van der Waals surface area (Å²) in [5, 5.41) is 15.5. The summed E-state index contributed by atoms with van der Waals surface area (Å²) in [5.41, 5.74) is 1.30. The lowest BCUT2D eigenvalue weighted by atomic mass is 9.97. The van der Waals surface area contributed by atoms with Gasteiger partial charge in [0, 0.05) is 12.1 Å². The molecule has 35 heavy (non-hydrogen) atoms. The normalized spacial score (nSPS) is 13.5. The van der Waals surface area contributed by atoms with Gasteiger partial charge in [0.05, 0.1) is 6.61 Å². The van der Waals surface area contributed by atoms with Crippen LogP contribution < -0.4 is 10.6 Å². The number of hydrogen-bond acceptors (Lipinski definition) is 6. The fourth-order valence-corrected chi connectivity index (χ4v) is 4.17. The standard InChI is InChI=1S/C26H43N3O5S/c1-17-14-18(2)16-19(15-17)21(22(31)28-25(3,4)5)29(11-12-30)23(32)20(10-13-35-9)27-24(33)34-26(6,7)8/h14-16,20-21,30H,10-13H2,1-9H3,(H,27,33)(H,28,31). The first-order valence-corrected chi connectivity index (χ1v) is 13.3. The van der Waals surface area contributed by atoms with E-state index in [1.54, 1.807) is 32.5 Å². The van der Waals surface area contributed by atoms with E-state index in [0.717, 1.165) is 11.1 Å². The van der Waals surface area contributed by atoms with Crippen molar-refractivity contribution in [2.24, 2.45) is 0 Å². The monoisotopic (exact) mass is 509 g/mol. The Morgan fingerprint density at radius 2 is 1.63 bits per heavy atom. The lowest BCUT2D eigenvalue weighted by Gasteiger charge is -2.36. The Kier molecular flexibility index (Phi) is 11.6. The Bertz CT molecular complexity index is 856. The number of aryl methyl sites for hydroxylation is 2. The summed E-state index contributed by atoms with van der Waals surface area (Å²) in [6.45, 7) is 14.3. The summed E-state index contributed by atoms with van der Waals surface area (Å²) >= 11 is 1.54. The summed E-state index contributed by atoms with van der Waals surface area (Å²) in [6, 6.07) is 3.83. The minimum absolute atomic E-state index is 0.0696. The van der Waals surface area contributed by atoms with Gasteiger partial charge in [0.1, 0.15) is 17.7 Å². The summed E-state index contributed by atoms with van der Waals surface area (Å²) in [4.78, 5) is 41.3. The first kappa shape index (κ1) is 30.8. The van der Waals surface area contributed by atoms with Crippen molar-refractivity contribution in [3.05, 3.63) is 34.9 Å². The molecule has 2 atom stereocenters. The summed E-state index contributed by atoms with van der Waals surface area (Å²) in [5.74, 6) is -0.195. The van der Waals surface area contributed by atoms with Crippen LogP contribution in [0.5, 0.6) is 0 Å². The van der Waals surface area contributed by atoms with Crippen molar-refractivity contribution in [1.82, 2.24) is 15.5 Å². The smallest absolute Gasteiger partial charge is 0.408 e. The van der Waals surface area contributed by atoms with E-state index >= 15 is 0 Å². The molecule has 1 aromatic carbocycles. The lowest BCUT2D eigenvalue weighted by molar-refractivity contribution is -0.143. The number of alkyl carbamates (subject to hydrolysis) is 1. The van der Waals surface area contributed by atoms with E-state index in [9.17, 15) is 19.5 Å². The molecular weight excluding hydrogens is 466 g/mol. The predicted octanol–water partition coefficient (Wildman–Crippen LogP) is 3.73. The molecular formula is C26H43N3O5S. The van der Waals surface area contributed by atoms with Gasteiger partial charge in [-0.05, 0) is 79.4 Å². The second-order valence-corrected chi connectivity index (χ2v) is 11.8. The number of aliphatic hydroxyl groups is 1. The maximum Gasteiger partial charge on any atom is 0.408 e. The molecule has 9 heteroatoms.